The monoisotopic (exact) mass is 350 g/mol. The van der Waals surface area contributed by atoms with Crippen LogP contribution >= 0.6 is 0 Å². The lowest BCUT2D eigenvalue weighted by atomic mass is 9.78. The van der Waals surface area contributed by atoms with Gasteiger partial charge in [0.2, 0.25) is 5.91 Å². The average Bonchev–Trinajstić information content (AvgIpc) is 2.98. The van der Waals surface area contributed by atoms with E-state index in [1.807, 2.05) is 62.6 Å². The Morgan fingerprint density at radius 2 is 1.62 bits per heavy atom. The predicted octanol–water partition coefficient (Wildman–Crippen LogP) is 2.58. The molecule has 0 spiro atoms. The smallest absolute Gasteiger partial charge is 0.399 e. The zero-order valence-corrected chi connectivity index (χ0v) is 15.6. The zero-order valence-electron chi connectivity index (χ0n) is 15.6. The third-order valence-electron chi connectivity index (χ3n) is 5.64. The van der Waals surface area contributed by atoms with Gasteiger partial charge in [-0.15, -0.1) is 0 Å². The first-order valence-corrected chi connectivity index (χ1v) is 8.84. The van der Waals surface area contributed by atoms with Crippen molar-refractivity contribution in [3.63, 3.8) is 0 Å². The molecule has 0 radical (unpaired) electrons. The van der Waals surface area contributed by atoms with Crippen LogP contribution in [0.25, 0.3) is 21.8 Å². The molecule has 0 unspecified atom stereocenters. The van der Waals surface area contributed by atoms with E-state index in [1.54, 1.807) is 0 Å². The molecule has 0 aliphatic carbocycles. The summed E-state index contributed by atoms with van der Waals surface area (Å²) >= 11 is 0. The van der Waals surface area contributed by atoms with Crippen LogP contribution in [-0.4, -0.2) is 28.8 Å². The van der Waals surface area contributed by atoms with Crippen LogP contribution in [0.5, 0.6) is 0 Å². The van der Waals surface area contributed by atoms with Crippen LogP contribution in [0.2, 0.25) is 0 Å². The van der Waals surface area contributed by atoms with E-state index >= 15 is 0 Å². The first-order valence-electron chi connectivity index (χ1n) is 8.84. The van der Waals surface area contributed by atoms with Crippen molar-refractivity contribution in [2.75, 3.05) is 0 Å². The van der Waals surface area contributed by atoms with Gasteiger partial charge in [-0.3, -0.25) is 4.79 Å². The number of primary amides is 1. The Labute approximate surface area is 153 Å². The van der Waals surface area contributed by atoms with Gasteiger partial charge in [0, 0.05) is 21.8 Å². The number of amides is 1. The molecule has 1 aromatic heterocycles. The van der Waals surface area contributed by atoms with Crippen LogP contribution in [0.15, 0.2) is 42.5 Å². The molecule has 5 nitrogen and oxygen atoms in total. The van der Waals surface area contributed by atoms with Crippen LogP contribution in [-0.2, 0) is 20.6 Å². The number of aromatic nitrogens is 1. The van der Waals surface area contributed by atoms with Gasteiger partial charge < -0.3 is 19.6 Å². The minimum atomic E-state index is -0.414. The van der Waals surface area contributed by atoms with E-state index in [0.717, 1.165) is 27.3 Å². The lowest BCUT2D eigenvalue weighted by Gasteiger charge is -2.32. The fraction of sp³-hybridized carbons (Fsp3) is 0.350. The minimum Gasteiger partial charge on any atom is -0.399 e. The summed E-state index contributed by atoms with van der Waals surface area (Å²) in [4.78, 5) is 11.5. The number of carbonyl (C=O) groups excluding carboxylic acids is 1. The van der Waals surface area contributed by atoms with Gasteiger partial charge in [0.05, 0.1) is 11.2 Å². The summed E-state index contributed by atoms with van der Waals surface area (Å²) in [5.41, 5.74) is 7.63. The zero-order chi connectivity index (χ0) is 18.7. The summed E-state index contributed by atoms with van der Waals surface area (Å²) in [5, 5.41) is 2.15. The molecule has 1 fully saturated rings. The van der Waals surface area contributed by atoms with Crippen LogP contribution in [0.1, 0.15) is 27.7 Å². The molecule has 0 bridgehead atoms. The summed E-state index contributed by atoms with van der Waals surface area (Å²) in [5.74, 6) is -0.359. The Morgan fingerprint density at radius 1 is 1.00 bits per heavy atom. The number of hydrogen-bond donors (Lipinski definition) is 1. The maximum atomic E-state index is 11.5. The second-order valence-corrected chi connectivity index (χ2v) is 7.93. The molecule has 26 heavy (non-hydrogen) atoms. The molecule has 1 aliphatic rings. The van der Waals surface area contributed by atoms with E-state index in [4.69, 9.17) is 15.0 Å². The van der Waals surface area contributed by atoms with Crippen molar-refractivity contribution in [3.05, 3.63) is 42.5 Å². The SMILES string of the molecule is CC1(C)OB(c2ccc3c(c2)c2ccccc2n3CC(N)=O)OC1(C)C. The van der Waals surface area contributed by atoms with Gasteiger partial charge in [0.1, 0.15) is 6.54 Å². The van der Waals surface area contributed by atoms with Gasteiger partial charge in [-0.2, -0.15) is 0 Å². The highest BCUT2D eigenvalue weighted by Gasteiger charge is 2.51. The van der Waals surface area contributed by atoms with Crippen molar-refractivity contribution in [1.82, 2.24) is 4.57 Å². The van der Waals surface area contributed by atoms with Crippen molar-refractivity contribution < 1.29 is 14.1 Å². The molecular weight excluding hydrogens is 327 g/mol. The maximum absolute atomic E-state index is 11.5. The Bertz CT molecular complexity index is 1010. The van der Waals surface area contributed by atoms with E-state index < -0.39 is 7.12 Å². The number of rotatable bonds is 3. The van der Waals surface area contributed by atoms with Crippen LogP contribution in [0.3, 0.4) is 0 Å². The van der Waals surface area contributed by atoms with Crippen molar-refractivity contribution in [1.29, 1.82) is 0 Å². The fourth-order valence-electron chi connectivity index (χ4n) is 3.52. The number of para-hydroxylation sites is 1. The third-order valence-corrected chi connectivity index (χ3v) is 5.64. The molecule has 134 valence electrons. The van der Waals surface area contributed by atoms with Gasteiger partial charge in [0.25, 0.3) is 0 Å². The highest BCUT2D eigenvalue weighted by atomic mass is 16.7. The molecule has 6 heteroatoms. The number of fused-ring (bicyclic) bond motifs is 3. The molecule has 0 saturated carbocycles. The molecule has 2 N–H and O–H groups in total. The van der Waals surface area contributed by atoms with Crippen molar-refractivity contribution in [3.8, 4) is 0 Å². The number of nitrogens with zero attached hydrogens (tertiary/aromatic N) is 1. The summed E-state index contributed by atoms with van der Waals surface area (Å²) in [6.07, 6.45) is 0. The third kappa shape index (κ3) is 2.52. The normalized spacial score (nSPS) is 18.7. The molecule has 2 aromatic carbocycles. The van der Waals surface area contributed by atoms with Crippen LogP contribution in [0, 0.1) is 0 Å². The number of hydrogen-bond acceptors (Lipinski definition) is 3. The van der Waals surface area contributed by atoms with E-state index in [0.29, 0.717) is 0 Å². The second kappa shape index (κ2) is 5.59. The number of nitrogens with two attached hydrogens (primary N) is 1. The number of carbonyl (C=O) groups is 1. The minimum absolute atomic E-state index is 0.153. The Balaban J connectivity index is 1.86. The quantitative estimate of drug-likeness (QED) is 0.739. The van der Waals surface area contributed by atoms with E-state index in [-0.39, 0.29) is 23.7 Å². The second-order valence-electron chi connectivity index (χ2n) is 7.93. The van der Waals surface area contributed by atoms with E-state index in [1.165, 1.54) is 0 Å². The highest BCUT2D eigenvalue weighted by molar-refractivity contribution is 6.62. The topological polar surface area (TPSA) is 66.5 Å². The number of benzene rings is 2. The molecule has 0 atom stereocenters. The predicted molar refractivity (Wildman–Crippen MR) is 104 cm³/mol. The molecule has 1 aliphatic heterocycles. The first kappa shape index (κ1) is 17.1. The first-order chi connectivity index (χ1) is 12.2. The van der Waals surface area contributed by atoms with Gasteiger partial charge in [-0.1, -0.05) is 30.3 Å². The van der Waals surface area contributed by atoms with Crippen molar-refractivity contribution >= 4 is 40.3 Å². The van der Waals surface area contributed by atoms with Gasteiger partial charge in [0.15, 0.2) is 0 Å². The van der Waals surface area contributed by atoms with Gasteiger partial charge in [-0.05, 0) is 45.3 Å². The van der Waals surface area contributed by atoms with Gasteiger partial charge in [-0.25, -0.2) is 0 Å². The molecule has 4 rings (SSSR count). The maximum Gasteiger partial charge on any atom is 0.494 e. The molecule has 2 heterocycles. The standard InChI is InChI=1S/C20H23BN2O3/c1-19(2)20(3,4)26-21(25-19)13-9-10-17-15(11-13)14-7-5-6-8-16(14)23(17)12-18(22)24/h5-11H,12H2,1-4H3,(H2,22,24). The van der Waals surface area contributed by atoms with Crippen molar-refractivity contribution in [2.24, 2.45) is 5.73 Å². The lowest BCUT2D eigenvalue weighted by molar-refractivity contribution is -0.118. The molecule has 1 amide bonds. The molecular formula is C20H23BN2O3. The summed E-state index contributed by atoms with van der Waals surface area (Å²) in [6, 6.07) is 14.1. The van der Waals surface area contributed by atoms with Crippen molar-refractivity contribution in [2.45, 2.75) is 45.4 Å². The summed E-state index contributed by atoms with van der Waals surface area (Å²) in [6.45, 7) is 8.34. The molecule has 3 aromatic rings. The lowest BCUT2D eigenvalue weighted by Crippen LogP contribution is -2.41. The highest BCUT2D eigenvalue weighted by Crippen LogP contribution is 2.37. The summed E-state index contributed by atoms with van der Waals surface area (Å²) < 4.78 is 14.3. The largest absolute Gasteiger partial charge is 0.494 e. The van der Waals surface area contributed by atoms with Crippen LogP contribution < -0.4 is 11.2 Å². The fourth-order valence-corrected chi connectivity index (χ4v) is 3.52. The Kier molecular flexibility index (Phi) is 3.69. The van der Waals surface area contributed by atoms with Gasteiger partial charge >= 0.3 is 7.12 Å². The molecule has 1 saturated heterocycles. The average molecular weight is 350 g/mol. The Hall–Kier alpha value is -2.31. The van der Waals surface area contributed by atoms with E-state index in [2.05, 4.69) is 12.1 Å². The summed E-state index contributed by atoms with van der Waals surface area (Å²) in [7, 11) is -0.414. The van der Waals surface area contributed by atoms with Crippen LogP contribution in [0.4, 0.5) is 0 Å². The Morgan fingerprint density at radius 3 is 2.27 bits per heavy atom. The van der Waals surface area contributed by atoms with E-state index in [9.17, 15) is 4.79 Å².